The lowest BCUT2D eigenvalue weighted by atomic mass is 10.2. The summed E-state index contributed by atoms with van der Waals surface area (Å²) in [4.78, 5) is 8.92. The Kier molecular flexibility index (Phi) is 2.51. The average Bonchev–Trinajstić information content (AvgIpc) is 2.53. The SMILES string of the molecule is Cc1nc(CCN)nc2c1CSC2. The van der Waals surface area contributed by atoms with Crippen LogP contribution in [0.2, 0.25) is 0 Å². The van der Waals surface area contributed by atoms with Crippen LogP contribution in [0.25, 0.3) is 0 Å². The summed E-state index contributed by atoms with van der Waals surface area (Å²) in [7, 11) is 0. The van der Waals surface area contributed by atoms with Gasteiger partial charge in [0, 0.05) is 29.2 Å². The third-order valence-electron chi connectivity index (χ3n) is 2.20. The molecule has 1 aliphatic rings. The van der Waals surface area contributed by atoms with Crippen LogP contribution < -0.4 is 5.73 Å². The van der Waals surface area contributed by atoms with E-state index in [0.29, 0.717) is 6.54 Å². The third-order valence-corrected chi connectivity index (χ3v) is 3.17. The summed E-state index contributed by atoms with van der Waals surface area (Å²) in [5.74, 6) is 3.02. The van der Waals surface area contributed by atoms with Crippen LogP contribution in [0.3, 0.4) is 0 Å². The monoisotopic (exact) mass is 195 g/mol. The number of thioether (sulfide) groups is 1. The molecule has 0 atom stereocenters. The standard InChI is InChI=1S/C9H13N3S/c1-6-7-4-13-5-8(7)12-9(11-6)2-3-10/h2-5,10H2,1H3. The smallest absolute Gasteiger partial charge is 0.130 e. The summed E-state index contributed by atoms with van der Waals surface area (Å²) in [5, 5.41) is 0. The molecule has 0 saturated heterocycles. The van der Waals surface area contributed by atoms with E-state index in [1.807, 2.05) is 11.8 Å². The van der Waals surface area contributed by atoms with Gasteiger partial charge in [0.25, 0.3) is 0 Å². The Morgan fingerprint density at radius 1 is 1.38 bits per heavy atom. The van der Waals surface area contributed by atoms with Crippen molar-refractivity contribution < 1.29 is 0 Å². The molecule has 0 fully saturated rings. The Morgan fingerprint density at radius 2 is 2.23 bits per heavy atom. The van der Waals surface area contributed by atoms with Crippen LogP contribution in [-0.4, -0.2) is 16.5 Å². The van der Waals surface area contributed by atoms with E-state index in [0.717, 1.165) is 29.4 Å². The lowest BCUT2D eigenvalue weighted by molar-refractivity contribution is 0.834. The molecule has 70 valence electrons. The summed E-state index contributed by atoms with van der Waals surface area (Å²) in [5.41, 5.74) is 9.17. The first-order valence-corrected chi connectivity index (χ1v) is 5.60. The maximum Gasteiger partial charge on any atom is 0.130 e. The molecule has 3 nitrogen and oxygen atoms in total. The normalized spacial score (nSPS) is 14.6. The van der Waals surface area contributed by atoms with E-state index in [1.165, 1.54) is 11.3 Å². The largest absolute Gasteiger partial charge is 0.330 e. The fourth-order valence-corrected chi connectivity index (χ4v) is 2.63. The van der Waals surface area contributed by atoms with E-state index in [2.05, 4.69) is 16.9 Å². The molecule has 1 aromatic heterocycles. The number of nitrogens with zero attached hydrogens (tertiary/aromatic N) is 2. The van der Waals surface area contributed by atoms with E-state index in [-0.39, 0.29) is 0 Å². The molecule has 2 N–H and O–H groups in total. The second-order valence-corrected chi connectivity index (χ2v) is 4.17. The topological polar surface area (TPSA) is 51.8 Å². The van der Waals surface area contributed by atoms with Crippen LogP contribution in [0.4, 0.5) is 0 Å². The molecule has 1 aromatic rings. The van der Waals surface area contributed by atoms with Crippen LogP contribution >= 0.6 is 11.8 Å². The second-order valence-electron chi connectivity index (χ2n) is 3.18. The first kappa shape index (κ1) is 8.97. The predicted molar refractivity (Wildman–Crippen MR) is 54.5 cm³/mol. The second kappa shape index (κ2) is 3.64. The zero-order valence-electron chi connectivity index (χ0n) is 7.71. The summed E-state index contributed by atoms with van der Waals surface area (Å²) < 4.78 is 0. The molecule has 0 spiro atoms. The van der Waals surface area contributed by atoms with E-state index in [9.17, 15) is 0 Å². The van der Waals surface area contributed by atoms with Crippen LogP contribution in [0, 0.1) is 6.92 Å². The van der Waals surface area contributed by atoms with Crippen molar-refractivity contribution in [3.8, 4) is 0 Å². The highest BCUT2D eigenvalue weighted by atomic mass is 32.2. The maximum atomic E-state index is 5.47. The van der Waals surface area contributed by atoms with Gasteiger partial charge in [0.15, 0.2) is 0 Å². The van der Waals surface area contributed by atoms with Crippen molar-refractivity contribution in [1.29, 1.82) is 0 Å². The molecule has 1 aliphatic heterocycles. The molecule has 0 aliphatic carbocycles. The first-order chi connectivity index (χ1) is 6.31. The zero-order valence-corrected chi connectivity index (χ0v) is 8.52. The van der Waals surface area contributed by atoms with Crippen molar-refractivity contribution in [2.75, 3.05) is 6.54 Å². The van der Waals surface area contributed by atoms with Crippen LogP contribution in [-0.2, 0) is 17.9 Å². The highest BCUT2D eigenvalue weighted by Crippen LogP contribution is 2.29. The van der Waals surface area contributed by atoms with Crippen molar-refractivity contribution in [1.82, 2.24) is 9.97 Å². The number of fused-ring (bicyclic) bond motifs is 1. The quantitative estimate of drug-likeness (QED) is 0.766. The summed E-state index contributed by atoms with van der Waals surface area (Å²) in [6.45, 7) is 2.69. The molecule has 2 rings (SSSR count). The zero-order chi connectivity index (χ0) is 9.26. The van der Waals surface area contributed by atoms with Gasteiger partial charge in [-0.15, -0.1) is 0 Å². The van der Waals surface area contributed by atoms with Crippen LogP contribution in [0.5, 0.6) is 0 Å². The van der Waals surface area contributed by atoms with Gasteiger partial charge in [0.05, 0.1) is 5.69 Å². The van der Waals surface area contributed by atoms with Crippen LogP contribution in [0.1, 0.15) is 22.8 Å². The Morgan fingerprint density at radius 3 is 3.00 bits per heavy atom. The van der Waals surface area contributed by atoms with Gasteiger partial charge in [-0.05, 0) is 13.5 Å². The molecule has 0 bridgehead atoms. The average molecular weight is 195 g/mol. The summed E-state index contributed by atoms with van der Waals surface area (Å²) >= 11 is 1.91. The van der Waals surface area contributed by atoms with E-state index in [4.69, 9.17) is 5.73 Å². The van der Waals surface area contributed by atoms with Crippen molar-refractivity contribution in [2.24, 2.45) is 5.73 Å². The van der Waals surface area contributed by atoms with Crippen molar-refractivity contribution in [3.05, 3.63) is 22.8 Å². The molecular weight excluding hydrogens is 182 g/mol. The number of rotatable bonds is 2. The number of nitrogens with two attached hydrogens (primary N) is 1. The van der Waals surface area contributed by atoms with E-state index >= 15 is 0 Å². The third kappa shape index (κ3) is 1.69. The lowest BCUT2D eigenvalue weighted by Gasteiger charge is -2.04. The highest BCUT2D eigenvalue weighted by Gasteiger charge is 2.16. The van der Waals surface area contributed by atoms with Gasteiger partial charge >= 0.3 is 0 Å². The molecule has 4 heteroatoms. The Labute approximate surface area is 82.2 Å². The van der Waals surface area contributed by atoms with Gasteiger partial charge in [-0.1, -0.05) is 0 Å². The minimum atomic E-state index is 0.630. The maximum absolute atomic E-state index is 5.47. The Balaban J connectivity index is 2.37. The first-order valence-electron chi connectivity index (χ1n) is 4.44. The molecule has 13 heavy (non-hydrogen) atoms. The van der Waals surface area contributed by atoms with Gasteiger partial charge in [-0.25, -0.2) is 9.97 Å². The minimum absolute atomic E-state index is 0.630. The Bertz CT molecular complexity index is 325. The summed E-state index contributed by atoms with van der Waals surface area (Å²) in [6, 6.07) is 0. The van der Waals surface area contributed by atoms with Gasteiger partial charge in [-0.3, -0.25) is 0 Å². The van der Waals surface area contributed by atoms with E-state index in [1.54, 1.807) is 0 Å². The molecule has 2 heterocycles. The fourth-order valence-electron chi connectivity index (χ4n) is 1.52. The highest BCUT2D eigenvalue weighted by molar-refractivity contribution is 7.98. The predicted octanol–water partition coefficient (Wildman–Crippen LogP) is 1.03. The molecule has 0 amide bonds. The minimum Gasteiger partial charge on any atom is -0.330 e. The molecule has 0 saturated carbocycles. The number of hydrogen-bond acceptors (Lipinski definition) is 4. The molecular formula is C9H13N3S. The number of hydrogen-bond donors (Lipinski definition) is 1. The van der Waals surface area contributed by atoms with Crippen molar-refractivity contribution in [3.63, 3.8) is 0 Å². The number of aromatic nitrogens is 2. The molecule has 0 unspecified atom stereocenters. The summed E-state index contributed by atoms with van der Waals surface area (Å²) in [6.07, 6.45) is 0.790. The van der Waals surface area contributed by atoms with Crippen LogP contribution in [0.15, 0.2) is 0 Å². The van der Waals surface area contributed by atoms with Crippen molar-refractivity contribution in [2.45, 2.75) is 24.9 Å². The fraction of sp³-hybridized carbons (Fsp3) is 0.556. The lowest BCUT2D eigenvalue weighted by Crippen LogP contribution is -2.09. The van der Waals surface area contributed by atoms with Crippen molar-refractivity contribution >= 4 is 11.8 Å². The van der Waals surface area contributed by atoms with Gasteiger partial charge in [0.2, 0.25) is 0 Å². The van der Waals surface area contributed by atoms with E-state index < -0.39 is 0 Å². The van der Waals surface area contributed by atoms with Gasteiger partial charge in [-0.2, -0.15) is 11.8 Å². The Hall–Kier alpha value is -0.610. The molecule has 0 radical (unpaired) electrons. The molecule has 0 aromatic carbocycles. The van der Waals surface area contributed by atoms with Gasteiger partial charge in [0.1, 0.15) is 5.82 Å². The van der Waals surface area contributed by atoms with Gasteiger partial charge < -0.3 is 5.73 Å². The number of aryl methyl sites for hydroxylation is 1.